The Balaban J connectivity index is 1.14. The minimum atomic E-state index is 0.707. The summed E-state index contributed by atoms with van der Waals surface area (Å²) in [7, 11) is 0. The molecule has 0 unspecified atom stereocenters. The van der Waals surface area contributed by atoms with E-state index in [1.807, 2.05) is 18.2 Å². The minimum Gasteiger partial charge on any atom is -0.309 e. The fraction of sp³-hybridized carbons (Fsp3) is 0. The molecule has 4 heteroatoms. The SMILES string of the molecule is c1ccc(-c2ccc3c(c2)c2cc(-c4cccc(-c5nc(-c6ccccc6)nc6c7ccccc7n(-c7ccccc7)c56)c4)ccc2n3-c2ccccc2)cc1. The lowest BCUT2D eigenvalue weighted by Crippen LogP contribution is -1.99. The second kappa shape index (κ2) is 13.1. The first-order valence-electron chi connectivity index (χ1n) is 19.0. The van der Waals surface area contributed by atoms with Crippen LogP contribution in [0.3, 0.4) is 0 Å². The van der Waals surface area contributed by atoms with Crippen molar-refractivity contribution in [2.45, 2.75) is 0 Å². The summed E-state index contributed by atoms with van der Waals surface area (Å²) >= 11 is 0. The van der Waals surface area contributed by atoms with Gasteiger partial charge in [0.2, 0.25) is 0 Å². The van der Waals surface area contributed by atoms with E-state index in [0.717, 1.165) is 61.3 Å². The molecule has 0 aliphatic carbocycles. The van der Waals surface area contributed by atoms with Crippen LogP contribution in [0.15, 0.2) is 206 Å². The van der Waals surface area contributed by atoms with Gasteiger partial charge in [-0.15, -0.1) is 0 Å². The first kappa shape index (κ1) is 31.9. The van der Waals surface area contributed by atoms with Crippen LogP contribution in [0.5, 0.6) is 0 Å². The molecule has 11 aromatic rings. The van der Waals surface area contributed by atoms with Crippen LogP contribution >= 0.6 is 0 Å². The van der Waals surface area contributed by atoms with Crippen molar-refractivity contribution in [3.8, 4) is 56.3 Å². The number of fused-ring (bicyclic) bond motifs is 6. The van der Waals surface area contributed by atoms with E-state index in [0.29, 0.717) is 5.82 Å². The van der Waals surface area contributed by atoms with Gasteiger partial charge >= 0.3 is 0 Å². The van der Waals surface area contributed by atoms with Crippen LogP contribution in [0, 0.1) is 0 Å². The Kier molecular flexibility index (Phi) is 7.46. The summed E-state index contributed by atoms with van der Waals surface area (Å²) in [5.74, 6) is 0.707. The second-order valence-electron chi connectivity index (χ2n) is 14.2. The molecule has 56 heavy (non-hydrogen) atoms. The lowest BCUT2D eigenvalue weighted by atomic mass is 9.98. The van der Waals surface area contributed by atoms with E-state index in [2.05, 4.69) is 197 Å². The monoisotopic (exact) mass is 714 g/mol. The van der Waals surface area contributed by atoms with Crippen LogP contribution < -0.4 is 0 Å². The minimum absolute atomic E-state index is 0.707. The third-order valence-corrected chi connectivity index (χ3v) is 10.9. The zero-order valence-corrected chi connectivity index (χ0v) is 30.4. The number of rotatable bonds is 6. The zero-order chi connectivity index (χ0) is 37.0. The van der Waals surface area contributed by atoms with Crippen LogP contribution in [-0.2, 0) is 0 Å². The Morgan fingerprint density at radius 3 is 1.45 bits per heavy atom. The highest BCUT2D eigenvalue weighted by atomic mass is 15.0. The van der Waals surface area contributed by atoms with Crippen molar-refractivity contribution in [1.29, 1.82) is 0 Å². The van der Waals surface area contributed by atoms with Gasteiger partial charge in [-0.2, -0.15) is 0 Å². The Labute approximate surface area is 324 Å². The Morgan fingerprint density at radius 1 is 0.304 bits per heavy atom. The summed E-state index contributed by atoms with van der Waals surface area (Å²) in [6.45, 7) is 0. The van der Waals surface area contributed by atoms with Gasteiger partial charge in [-0.3, -0.25) is 0 Å². The van der Waals surface area contributed by atoms with E-state index in [1.165, 1.54) is 32.9 Å². The number of aromatic nitrogens is 4. The molecule has 0 bridgehead atoms. The van der Waals surface area contributed by atoms with Crippen molar-refractivity contribution >= 4 is 43.7 Å². The lowest BCUT2D eigenvalue weighted by molar-refractivity contribution is 1.15. The maximum absolute atomic E-state index is 5.39. The highest BCUT2D eigenvalue weighted by Gasteiger charge is 2.22. The van der Waals surface area contributed by atoms with Crippen LogP contribution in [0.1, 0.15) is 0 Å². The second-order valence-corrected chi connectivity index (χ2v) is 14.2. The summed E-state index contributed by atoms with van der Waals surface area (Å²) in [5, 5.41) is 3.53. The highest BCUT2D eigenvalue weighted by molar-refractivity contribution is 6.13. The van der Waals surface area contributed by atoms with Crippen molar-refractivity contribution in [2.75, 3.05) is 0 Å². The predicted molar refractivity (Wildman–Crippen MR) is 232 cm³/mol. The first-order valence-corrected chi connectivity index (χ1v) is 19.0. The van der Waals surface area contributed by atoms with Crippen molar-refractivity contribution < 1.29 is 0 Å². The van der Waals surface area contributed by atoms with Gasteiger partial charge in [0.1, 0.15) is 5.52 Å². The quantitative estimate of drug-likeness (QED) is 0.172. The summed E-state index contributed by atoms with van der Waals surface area (Å²) in [6.07, 6.45) is 0. The van der Waals surface area contributed by atoms with Crippen molar-refractivity contribution in [1.82, 2.24) is 19.1 Å². The van der Waals surface area contributed by atoms with Crippen molar-refractivity contribution in [3.05, 3.63) is 206 Å². The third kappa shape index (κ3) is 5.23. The van der Waals surface area contributed by atoms with Gasteiger partial charge in [0.05, 0.1) is 27.8 Å². The fourth-order valence-corrected chi connectivity index (χ4v) is 8.32. The molecule has 3 heterocycles. The number of para-hydroxylation sites is 3. The van der Waals surface area contributed by atoms with Gasteiger partial charge in [0, 0.05) is 38.7 Å². The molecule has 0 saturated carbocycles. The summed E-state index contributed by atoms with van der Waals surface area (Å²) < 4.78 is 4.70. The van der Waals surface area contributed by atoms with E-state index < -0.39 is 0 Å². The molecular weight excluding hydrogens is 681 g/mol. The van der Waals surface area contributed by atoms with E-state index in [-0.39, 0.29) is 0 Å². The van der Waals surface area contributed by atoms with Crippen molar-refractivity contribution in [3.63, 3.8) is 0 Å². The maximum atomic E-state index is 5.39. The van der Waals surface area contributed by atoms with Gasteiger partial charge in [-0.05, 0) is 82.9 Å². The number of benzene rings is 8. The lowest BCUT2D eigenvalue weighted by Gasteiger charge is -2.13. The fourth-order valence-electron chi connectivity index (χ4n) is 8.32. The molecule has 0 fully saturated rings. The zero-order valence-electron chi connectivity index (χ0n) is 30.4. The molecule has 262 valence electrons. The van der Waals surface area contributed by atoms with Gasteiger partial charge < -0.3 is 9.13 Å². The molecule has 0 amide bonds. The molecule has 0 radical (unpaired) electrons. The molecule has 3 aromatic heterocycles. The molecule has 11 rings (SSSR count). The Bertz CT molecular complexity index is 3220. The predicted octanol–water partition coefficient (Wildman–Crippen LogP) is 13.3. The average Bonchev–Trinajstić information content (AvgIpc) is 3.79. The molecular formula is C52H34N4. The number of nitrogens with zero attached hydrogens (tertiary/aromatic N) is 4. The van der Waals surface area contributed by atoms with E-state index in [1.54, 1.807) is 0 Å². The van der Waals surface area contributed by atoms with Crippen LogP contribution in [-0.4, -0.2) is 19.1 Å². The summed E-state index contributed by atoms with van der Waals surface area (Å²) in [4.78, 5) is 10.7. The molecule has 0 saturated heterocycles. The van der Waals surface area contributed by atoms with E-state index in [9.17, 15) is 0 Å². The molecule has 8 aromatic carbocycles. The standard InChI is InChI=1S/C52H34N4/c1-5-16-35(17-6-1)38-28-30-47-44(33-38)45-34-39(29-31-48(45)55(47)41-22-9-3-10-23-41)37-20-15-21-40(32-37)49-51-50(54-52(53-49)36-18-7-2-8-19-36)43-26-13-14-27-46(43)56(51)42-24-11-4-12-25-42/h1-34H. The number of hydrogen-bond donors (Lipinski definition) is 0. The van der Waals surface area contributed by atoms with Gasteiger partial charge in [-0.25, -0.2) is 9.97 Å². The first-order chi connectivity index (χ1) is 27.8. The Hall–Kier alpha value is -7.56. The average molecular weight is 715 g/mol. The highest BCUT2D eigenvalue weighted by Crippen LogP contribution is 2.40. The van der Waals surface area contributed by atoms with Gasteiger partial charge in [0.15, 0.2) is 5.82 Å². The normalized spacial score (nSPS) is 11.6. The molecule has 0 spiro atoms. The van der Waals surface area contributed by atoms with E-state index >= 15 is 0 Å². The van der Waals surface area contributed by atoms with E-state index in [4.69, 9.17) is 9.97 Å². The molecule has 0 aliphatic rings. The maximum Gasteiger partial charge on any atom is 0.160 e. The van der Waals surface area contributed by atoms with Crippen LogP contribution in [0.25, 0.3) is 100 Å². The number of hydrogen-bond acceptors (Lipinski definition) is 2. The molecule has 0 N–H and O–H groups in total. The largest absolute Gasteiger partial charge is 0.309 e. The topological polar surface area (TPSA) is 35.6 Å². The van der Waals surface area contributed by atoms with Gasteiger partial charge in [0.25, 0.3) is 0 Å². The Morgan fingerprint density at radius 2 is 0.786 bits per heavy atom. The molecule has 0 aliphatic heterocycles. The van der Waals surface area contributed by atoms with Crippen molar-refractivity contribution in [2.24, 2.45) is 0 Å². The summed E-state index contributed by atoms with van der Waals surface area (Å²) in [5.41, 5.74) is 15.2. The molecule has 4 nitrogen and oxygen atoms in total. The summed E-state index contributed by atoms with van der Waals surface area (Å²) in [6, 6.07) is 73.2. The van der Waals surface area contributed by atoms with Gasteiger partial charge in [-0.1, -0.05) is 146 Å². The third-order valence-electron chi connectivity index (χ3n) is 10.9. The van der Waals surface area contributed by atoms with Crippen LogP contribution in [0.2, 0.25) is 0 Å². The smallest absolute Gasteiger partial charge is 0.160 e. The van der Waals surface area contributed by atoms with Crippen LogP contribution in [0.4, 0.5) is 0 Å². The molecule has 0 atom stereocenters.